The van der Waals surface area contributed by atoms with Crippen LogP contribution in [0, 0.1) is 11.8 Å². The van der Waals surface area contributed by atoms with E-state index in [1.165, 1.54) is 51.4 Å². The average Bonchev–Trinajstić information content (AvgIpc) is 2.73. The minimum absolute atomic E-state index is 0. The molecule has 32 heavy (non-hydrogen) atoms. The third kappa shape index (κ3) is 6.44. The minimum atomic E-state index is 0. The number of hydrogen-bond donors (Lipinski definition) is 4. The van der Waals surface area contributed by atoms with E-state index in [9.17, 15) is 10.2 Å². The molecule has 4 atom stereocenters. The summed E-state index contributed by atoms with van der Waals surface area (Å²) in [5.41, 5.74) is 1.83. The number of aromatic hydroxyl groups is 2. The molecule has 6 heteroatoms. The molecule has 2 aromatic rings. The van der Waals surface area contributed by atoms with Gasteiger partial charge in [0.15, 0.2) is 0 Å². The highest BCUT2D eigenvalue weighted by atomic mass is 35.5. The van der Waals surface area contributed by atoms with Gasteiger partial charge in [-0.05, 0) is 55.0 Å². The predicted octanol–water partition coefficient (Wildman–Crippen LogP) is 6.43. The van der Waals surface area contributed by atoms with E-state index in [1.807, 2.05) is 12.1 Å². The van der Waals surface area contributed by atoms with Gasteiger partial charge in [0, 0.05) is 41.7 Å². The van der Waals surface area contributed by atoms with Gasteiger partial charge in [-0.15, -0.1) is 24.8 Å². The van der Waals surface area contributed by atoms with E-state index >= 15 is 0 Å². The fraction of sp³-hybridized carbons (Fsp3) is 0.615. The molecule has 2 fully saturated rings. The number of benzene rings is 2. The summed E-state index contributed by atoms with van der Waals surface area (Å²) in [5, 5.41) is 30.5. The number of halogens is 2. The van der Waals surface area contributed by atoms with Crippen molar-refractivity contribution in [2.45, 2.75) is 90.4 Å². The van der Waals surface area contributed by atoms with E-state index in [-0.39, 0.29) is 24.8 Å². The van der Waals surface area contributed by atoms with Crippen molar-refractivity contribution in [2.24, 2.45) is 11.8 Å². The summed E-state index contributed by atoms with van der Waals surface area (Å²) in [6, 6.07) is 8.71. The first-order valence-corrected chi connectivity index (χ1v) is 11.9. The zero-order valence-corrected chi connectivity index (χ0v) is 21.0. The van der Waals surface area contributed by atoms with Crippen molar-refractivity contribution in [2.75, 3.05) is 0 Å². The van der Waals surface area contributed by atoms with Crippen molar-refractivity contribution in [1.82, 2.24) is 10.6 Å². The Kier molecular flexibility index (Phi) is 10.4. The maximum atomic E-state index is 11.0. The van der Waals surface area contributed by atoms with E-state index in [2.05, 4.69) is 30.5 Å². The number of rotatable bonds is 6. The molecular formula is C26H40Cl2N2O2. The highest BCUT2D eigenvalue weighted by molar-refractivity contribution is 5.93. The lowest BCUT2D eigenvalue weighted by atomic mass is 9.87. The average molecular weight is 484 g/mol. The van der Waals surface area contributed by atoms with Crippen molar-refractivity contribution >= 4 is 35.6 Å². The van der Waals surface area contributed by atoms with Gasteiger partial charge in [-0.25, -0.2) is 0 Å². The highest BCUT2D eigenvalue weighted by Crippen LogP contribution is 2.35. The van der Waals surface area contributed by atoms with Crippen LogP contribution in [0.1, 0.15) is 76.3 Å². The van der Waals surface area contributed by atoms with Crippen LogP contribution in [0.4, 0.5) is 0 Å². The van der Waals surface area contributed by atoms with E-state index in [0.29, 0.717) is 36.7 Å². The molecule has 0 bridgehead atoms. The van der Waals surface area contributed by atoms with Crippen LogP contribution in [0.15, 0.2) is 24.3 Å². The van der Waals surface area contributed by atoms with Crippen LogP contribution in [-0.4, -0.2) is 22.3 Å². The van der Waals surface area contributed by atoms with Gasteiger partial charge in [0.2, 0.25) is 0 Å². The lowest BCUT2D eigenvalue weighted by molar-refractivity contribution is 0.299. The largest absolute Gasteiger partial charge is 0.508 e. The second-order valence-electron chi connectivity index (χ2n) is 9.93. The summed E-state index contributed by atoms with van der Waals surface area (Å²) in [5.74, 6) is 2.20. The van der Waals surface area contributed by atoms with E-state index in [4.69, 9.17) is 0 Å². The summed E-state index contributed by atoms with van der Waals surface area (Å²) < 4.78 is 0. The third-order valence-corrected chi connectivity index (χ3v) is 7.36. The number of phenols is 2. The molecule has 4 rings (SSSR count). The van der Waals surface area contributed by atoms with Crippen molar-refractivity contribution in [3.63, 3.8) is 0 Å². The Morgan fingerprint density at radius 1 is 0.750 bits per heavy atom. The summed E-state index contributed by atoms with van der Waals surface area (Å²) in [6.45, 7) is 5.98. The van der Waals surface area contributed by atoms with Crippen molar-refractivity contribution in [1.29, 1.82) is 0 Å². The van der Waals surface area contributed by atoms with Crippen LogP contribution >= 0.6 is 24.8 Å². The van der Waals surface area contributed by atoms with E-state index < -0.39 is 0 Å². The molecule has 2 aromatic carbocycles. The number of nitrogens with one attached hydrogen (secondary N) is 2. The van der Waals surface area contributed by atoms with Crippen LogP contribution in [0.3, 0.4) is 0 Å². The van der Waals surface area contributed by atoms with Crippen LogP contribution in [-0.2, 0) is 13.1 Å². The predicted molar refractivity (Wildman–Crippen MR) is 138 cm³/mol. The first kappa shape index (κ1) is 27.0. The molecule has 2 saturated carbocycles. The quantitative estimate of drug-likeness (QED) is 0.382. The summed E-state index contributed by atoms with van der Waals surface area (Å²) in [6.07, 6.45) is 10.1. The molecule has 0 heterocycles. The fourth-order valence-corrected chi connectivity index (χ4v) is 5.55. The monoisotopic (exact) mass is 482 g/mol. The van der Waals surface area contributed by atoms with Gasteiger partial charge in [-0.2, -0.15) is 0 Å². The zero-order valence-electron chi connectivity index (χ0n) is 19.4. The van der Waals surface area contributed by atoms with Crippen molar-refractivity contribution in [3.05, 3.63) is 35.4 Å². The van der Waals surface area contributed by atoms with Crippen LogP contribution in [0.2, 0.25) is 0 Å². The highest BCUT2D eigenvalue weighted by Gasteiger charge is 2.21. The molecule has 4 unspecified atom stereocenters. The fourth-order valence-electron chi connectivity index (χ4n) is 5.55. The molecule has 0 radical (unpaired) electrons. The lowest BCUT2D eigenvalue weighted by Crippen LogP contribution is -2.33. The molecule has 0 aromatic heterocycles. The Morgan fingerprint density at radius 3 is 1.91 bits per heavy atom. The van der Waals surface area contributed by atoms with Gasteiger partial charge >= 0.3 is 0 Å². The van der Waals surface area contributed by atoms with Crippen LogP contribution < -0.4 is 10.6 Å². The maximum absolute atomic E-state index is 11.0. The van der Waals surface area contributed by atoms with Gasteiger partial charge < -0.3 is 20.8 Å². The van der Waals surface area contributed by atoms with Gasteiger partial charge in [-0.1, -0.05) is 51.7 Å². The lowest BCUT2D eigenvalue weighted by Gasteiger charge is -2.28. The Hall–Kier alpha value is -1.20. The second-order valence-corrected chi connectivity index (χ2v) is 9.93. The third-order valence-electron chi connectivity index (χ3n) is 7.36. The Labute approximate surface area is 205 Å². The summed E-state index contributed by atoms with van der Waals surface area (Å²) in [4.78, 5) is 0. The molecule has 2 aliphatic carbocycles. The Balaban J connectivity index is 0.00000181. The Bertz CT molecular complexity index is 877. The Morgan fingerprint density at radius 2 is 1.31 bits per heavy atom. The SMILES string of the molecule is CC1CCCC(NCc2ccc3c(CNC4CCCC(C)C4)c(O)ccc3c2O)C1.Cl.Cl. The van der Waals surface area contributed by atoms with E-state index in [1.54, 1.807) is 6.07 Å². The summed E-state index contributed by atoms with van der Waals surface area (Å²) in [7, 11) is 0. The molecule has 4 N–H and O–H groups in total. The molecule has 0 saturated heterocycles. The molecule has 2 aliphatic rings. The van der Waals surface area contributed by atoms with Gasteiger partial charge in [0.1, 0.15) is 11.5 Å². The molecule has 0 aliphatic heterocycles. The van der Waals surface area contributed by atoms with Crippen LogP contribution in [0.5, 0.6) is 11.5 Å². The van der Waals surface area contributed by atoms with Gasteiger partial charge in [-0.3, -0.25) is 0 Å². The first-order chi connectivity index (χ1) is 14.5. The molecule has 4 nitrogen and oxygen atoms in total. The maximum Gasteiger partial charge on any atom is 0.127 e. The van der Waals surface area contributed by atoms with Crippen molar-refractivity contribution < 1.29 is 10.2 Å². The number of phenolic OH excluding ortho intramolecular Hbond substituents is 2. The van der Waals surface area contributed by atoms with Gasteiger partial charge in [0.25, 0.3) is 0 Å². The standard InChI is InChI=1S/C26H38N2O2.2ClH/c1-17-5-3-7-20(13-17)27-15-19-9-10-22-23(26(19)30)11-12-25(29)24(22)16-28-21-8-4-6-18(2)14-21;;/h9-12,17-18,20-21,27-30H,3-8,13-16H2,1-2H3;2*1H. The zero-order chi connectivity index (χ0) is 21.1. The number of fused-ring (bicyclic) bond motifs is 1. The topological polar surface area (TPSA) is 64.5 Å². The minimum Gasteiger partial charge on any atom is -0.508 e. The molecular weight excluding hydrogens is 443 g/mol. The molecule has 180 valence electrons. The van der Waals surface area contributed by atoms with E-state index in [0.717, 1.165) is 33.7 Å². The number of hydrogen-bond acceptors (Lipinski definition) is 4. The summed E-state index contributed by atoms with van der Waals surface area (Å²) >= 11 is 0. The van der Waals surface area contributed by atoms with Gasteiger partial charge in [0.05, 0.1) is 0 Å². The first-order valence-electron chi connectivity index (χ1n) is 11.9. The van der Waals surface area contributed by atoms with Crippen molar-refractivity contribution in [3.8, 4) is 11.5 Å². The smallest absolute Gasteiger partial charge is 0.127 e. The normalized spacial score (nSPS) is 25.7. The second kappa shape index (κ2) is 12.3. The van der Waals surface area contributed by atoms with Crippen LogP contribution in [0.25, 0.3) is 10.8 Å². The molecule has 0 amide bonds. The molecule has 0 spiro atoms.